The van der Waals surface area contributed by atoms with Gasteiger partial charge in [-0.1, -0.05) is 42.5 Å². The number of hydrogen-bond donors (Lipinski definition) is 2. The summed E-state index contributed by atoms with van der Waals surface area (Å²) in [7, 11) is 3.27. The average Bonchev–Trinajstić information content (AvgIpc) is 3.00. The highest BCUT2D eigenvalue weighted by atomic mass is 16.5. The van der Waals surface area contributed by atoms with E-state index in [0.717, 1.165) is 16.9 Å². The maximum atomic E-state index is 10.3. The van der Waals surface area contributed by atoms with Gasteiger partial charge in [0.2, 0.25) is 0 Å². The molecule has 0 bridgehead atoms. The smallest absolute Gasteiger partial charge is 0.128 e. The topological polar surface area (TPSA) is 68.2 Å². The van der Waals surface area contributed by atoms with Crippen LogP contribution in [0.15, 0.2) is 54.6 Å². The first-order chi connectivity index (χ1) is 14.6. The molecule has 2 N–H and O–H groups in total. The normalized spacial score (nSPS) is 21.5. The van der Waals surface area contributed by atoms with Gasteiger partial charge in [-0.15, -0.1) is 0 Å². The third-order valence-electron chi connectivity index (χ3n) is 5.74. The molecule has 1 saturated heterocycles. The lowest BCUT2D eigenvalue weighted by Crippen LogP contribution is -2.33. The molecule has 0 spiro atoms. The van der Waals surface area contributed by atoms with Crippen LogP contribution in [-0.2, 0) is 11.2 Å². The Labute approximate surface area is 177 Å². The Morgan fingerprint density at radius 1 is 0.933 bits per heavy atom. The van der Waals surface area contributed by atoms with Gasteiger partial charge in [0.1, 0.15) is 11.5 Å². The van der Waals surface area contributed by atoms with Crippen molar-refractivity contribution < 1.29 is 24.4 Å². The van der Waals surface area contributed by atoms with Crippen molar-refractivity contribution in [3.05, 3.63) is 71.3 Å². The average molecular weight is 408 g/mol. The van der Waals surface area contributed by atoms with Crippen molar-refractivity contribution in [2.75, 3.05) is 20.8 Å². The zero-order chi connectivity index (χ0) is 21.1. The van der Waals surface area contributed by atoms with Crippen molar-refractivity contribution in [1.82, 2.24) is 0 Å². The molecule has 1 heterocycles. The Balaban J connectivity index is 1.70. The summed E-state index contributed by atoms with van der Waals surface area (Å²) >= 11 is 0. The summed E-state index contributed by atoms with van der Waals surface area (Å²) in [6.45, 7) is -0.115. The summed E-state index contributed by atoms with van der Waals surface area (Å²) in [6.07, 6.45) is 0.373. The van der Waals surface area contributed by atoms with Crippen LogP contribution in [0.3, 0.4) is 0 Å². The number of methoxy groups -OCH3 is 2. The summed E-state index contributed by atoms with van der Waals surface area (Å²) in [4.78, 5) is 0. The van der Waals surface area contributed by atoms with E-state index >= 15 is 0 Å². The molecule has 1 aromatic rings. The molecule has 3 unspecified atom stereocenters. The van der Waals surface area contributed by atoms with Gasteiger partial charge >= 0.3 is 0 Å². The number of benzene rings is 1. The lowest BCUT2D eigenvalue weighted by Gasteiger charge is -2.33. The number of ether oxygens (including phenoxy) is 3. The molecule has 158 valence electrons. The fourth-order valence-corrected chi connectivity index (χ4v) is 4.29. The summed E-state index contributed by atoms with van der Waals surface area (Å²) in [5, 5.41) is 19.8. The van der Waals surface area contributed by atoms with Gasteiger partial charge in [-0.2, -0.15) is 0 Å². The summed E-state index contributed by atoms with van der Waals surface area (Å²) in [5.41, 5.74) is 5.49. The predicted octanol–water partition coefficient (Wildman–Crippen LogP) is 3.97. The molecule has 3 aliphatic rings. The fraction of sp³-hybridized carbons (Fsp3) is 0.360. The second-order valence-corrected chi connectivity index (χ2v) is 7.82. The van der Waals surface area contributed by atoms with Gasteiger partial charge in [-0.3, -0.25) is 0 Å². The molecular formula is C25H28O5. The first-order valence-corrected chi connectivity index (χ1v) is 10.3. The third-order valence-corrected chi connectivity index (χ3v) is 5.74. The lowest BCUT2D eigenvalue weighted by molar-refractivity contribution is -0.114. The van der Waals surface area contributed by atoms with Crippen molar-refractivity contribution in [1.29, 1.82) is 0 Å². The van der Waals surface area contributed by atoms with Crippen LogP contribution in [-0.4, -0.2) is 43.2 Å². The highest BCUT2D eigenvalue weighted by molar-refractivity contribution is 5.68. The molecule has 30 heavy (non-hydrogen) atoms. The van der Waals surface area contributed by atoms with Crippen LogP contribution in [0.2, 0.25) is 0 Å². The molecule has 5 heteroatoms. The zero-order valence-electron chi connectivity index (χ0n) is 17.4. The van der Waals surface area contributed by atoms with Crippen molar-refractivity contribution in [3.63, 3.8) is 0 Å². The molecule has 0 radical (unpaired) electrons. The first-order valence-electron chi connectivity index (χ1n) is 10.3. The molecule has 0 saturated carbocycles. The van der Waals surface area contributed by atoms with Crippen LogP contribution in [0.5, 0.6) is 11.5 Å². The van der Waals surface area contributed by atoms with E-state index in [1.807, 2.05) is 30.3 Å². The van der Waals surface area contributed by atoms with Gasteiger partial charge in [-0.25, -0.2) is 0 Å². The van der Waals surface area contributed by atoms with Crippen molar-refractivity contribution in [3.8, 4) is 22.6 Å². The maximum absolute atomic E-state index is 10.3. The molecule has 3 atom stereocenters. The Kier molecular flexibility index (Phi) is 6.23. The molecule has 0 amide bonds. The van der Waals surface area contributed by atoms with Crippen LogP contribution >= 0.6 is 0 Å². The van der Waals surface area contributed by atoms with E-state index in [4.69, 9.17) is 14.2 Å². The van der Waals surface area contributed by atoms with E-state index < -0.39 is 6.10 Å². The number of rotatable bonds is 6. The Hall–Kier alpha value is -2.60. The minimum atomic E-state index is -0.516. The molecule has 5 nitrogen and oxygen atoms in total. The number of fused-ring (bicyclic) bond motifs is 1. The maximum Gasteiger partial charge on any atom is 0.128 e. The van der Waals surface area contributed by atoms with Crippen LogP contribution in [0.1, 0.15) is 35.6 Å². The van der Waals surface area contributed by atoms with Crippen LogP contribution < -0.4 is 9.47 Å². The molecule has 2 aliphatic carbocycles. The first kappa shape index (κ1) is 20.7. The van der Waals surface area contributed by atoms with E-state index in [0.29, 0.717) is 25.0 Å². The van der Waals surface area contributed by atoms with Crippen molar-refractivity contribution in [2.45, 2.75) is 37.6 Å². The standard InChI is InChI=1S/C25H28O5/c1-28-23-14-24(29-2)22(25-13-20(27)12-21(15-26)30-25)11-19(23)10-16-8-17-6-4-3-5-7-18(17)9-16/h3-9,11,14,20-21,25-27H,10,12-13,15H2,1-2H3. The van der Waals surface area contributed by atoms with Gasteiger partial charge in [0.15, 0.2) is 0 Å². The van der Waals surface area contributed by atoms with E-state index in [-0.39, 0.29) is 18.8 Å². The number of aliphatic hydroxyl groups is 2. The predicted molar refractivity (Wildman–Crippen MR) is 115 cm³/mol. The summed E-state index contributed by atoms with van der Waals surface area (Å²) in [6, 6.07) is 18.7. The van der Waals surface area contributed by atoms with Gasteiger partial charge < -0.3 is 24.4 Å². The Morgan fingerprint density at radius 2 is 1.63 bits per heavy atom. The van der Waals surface area contributed by atoms with Crippen LogP contribution in [0.25, 0.3) is 11.1 Å². The van der Waals surface area contributed by atoms with Gasteiger partial charge in [0.05, 0.1) is 39.1 Å². The molecule has 1 aliphatic heterocycles. The molecule has 1 aromatic carbocycles. The molecular weight excluding hydrogens is 380 g/mol. The quantitative estimate of drug-likeness (QED) is 0.646. The van der Waals surface area contributed by atoms with Crippen LogP contribution in [0.4, 0.5) is 0 Å². The highest BCUT2D eigenvalue weighted by Crippen LogP contribution is 2.40. The lowest BCUT2D eigenvalue weighted by atomic mass is 9.93. The zero-order valence-corrected chi connectivity index (χ0v) is 17.4. The second kappa shape index (κ2) is 9.04. The largest absolute Gasteiger partial charge is 0.496 e. The summed E-state index contributed by atoms with van der Waals surface area (Å²) < 4.78 is 17.3. The molecule has 0 aromatic heterocycles. The van der Waals surface area contributed by atoms with E-state index in [9.17, 15) is 10.2 Å². The number of hydrogen-bond acceptors (Lipinski definition) is 5. The summed E-state index contributed by atoms with van der Waals surface area (Å²) in [5.74, 6) is 1.41. The second-order valence-electron chi connectivity index (χ2n) is 7.82. The van der Waals surface area contributed by atoms with E-state index in [1.165, 1.54) is 16.7 Å². The Morgan fingerprint density at radius 3 is 2.27 bits per heavy atom. The fourth-order valence-electron chi connectivity index (χ4n) is 4.29. The van der Waals surface area contributed by atoms with Gasteiger partial charge in [0.25, 0.3) is 0 Å². The monoisotopic (exact) mass is 408 g/mol. The van der Waals surface area contributed by atoms with Crippen molar-refractivity contribution >= 4 is 0 Å². The minimum absolute atomic E-state index is 0.115. The number of aliphatic hydroxyl groups excluding tert-OH is 2. The highest BCUT2D eigenvalue weighted by Gasteiger charge is 2.31. The Bertz CT molecular complexity index is 939. The third kappa shape index (κ3) is 4.29. The SMILES string of the molecule is COc1cc(OC)c(C2CC(O)CC(CO)O2)cc1Cc1cc2cccccc-2c1. The van der Waals surface area contributed by atoms with Gasteiger partial charge in [-0.05, 0) is 28.3 Å². The minimum Gasteiger partial charge on any atom is -0.496 e. The van der Waals surface area contributed by atoms with Crippen molar-refractivity contribution in [2.24, 2.45) is 0 Å². The van der Waals surface area contributed by atoms with E-state index in [1.54, 1.807) is 14.2 Å². The van der Waals surface area contributed by atoms with Crippen LogP contribution in [0, 0.1) is 0 Å². The van der Waals surface area contributed by atoms with E-state index in [2.05, 4.69) is 24.3 Å². The van der Waals surface area contributed by atoms with Gasteiger partial charge in [0, 0.05) is 30.9 Å². The molecule has 4 rings (SSSR count). The molecule has 1 fully saturated rings.